The topological polar surface area (TPSA) is 54.9 Å². The van der Waals surface area contributed by atoms with E-state index in [0.29, 0.717) is 28.4 Å². The maximum atomic E-state index is 13.8. The normalized spacial score (nSPS) is 13.0. The fraction of sp³-hybridized carbons (Fsp3) is 0.0870. The van der Waals surface area contributed by atoms with Gasteiger partial charge in [-0.3, -0.25) is 4.72 Å². The molecule has 4 nitrogen and oxygen atoms in total. The van der Waals surface area contributed by atoms with Crippen LogP contribution < -0.4 is 4.72 Å². The first-order valence-corrected chi connectivity index (χ1v) is 12.0. The van der Waals surface area contributed by atoms with E-state index in [2.05, 4.69) is 20.6 Å². The second kappa shape index (κ2) is 8.56. The van der Waals surface area contributed by atoms with Crippen molar-refractivity contribution in [1.29, 1.82) is 0 Å². The van der Waals surface area contributed by atoms with Gasteiger partial charge in [-0.2, -0.15) is 0 Å². The lowest BCUT2D eigenvalue weighted by atomic mass is 10.1. The Morgan fingerprint density at radius 3 is 2.42 bits per heavy atom. The molecule has 0 aliphatic carbocycles. The minimum Gasteiger partial charge on any atom is -0.294 e. The third-order valence-corrected chi connectivity index (χ3v) is 7.35. The number of rotatable bonds is 6. The summed E-state index contributed by atoms with van der Waals surface area (Å²) in [6, 6.07) is 15.8. The average molecular weight is 456 g/mol. The van der Waals surface area contributed by atoms with Crippen LogP contribution in [0.5, 0.6) is 0 Å². The molecule has 0 aliphatic rings. The van der Waals surface area contributed by atoms with Crippen molar-refractivity contribution in [2.75, 3.05) is 4.72 Å². The van der Waals surface area contributed by atoms with Crippen molar-refractivity contribution in [3.05, 3.63) is 83.5 Å². The first-order valence-electron chi connectivity index (χ1n) is 9.48. The summed E-state index contributed by atoms with van der Waals surface area (Å²) in [5.41, 5.74) is 1.61. The van der Waals surface area contributed by atoms with E-state index in [1.54, 1.807) is 42.6 Å². The summed E-state index contributed by atoms with van der Waals surface area (Å²) < 4.78 is 43.6. The highest BCUT2D eigenvalue weighted by Crippen LogP contribution is 2.38. The summed E-state index contributed by atoms with van der Waals surface area (Å²) >= 11 is 1.44. The molecular weight excluding hydrogens is 436 g/mol. The summed E-state index contributed by atoms with van der Waals surface area (Å²) in [6.45, 7) is 1.97. The molecule has 8 heteroatoms. The van der Waals surface area contributed by atoms with Crippen LogP contribution in [-0.2, 0) is 16.1 Å². The predicted octanol–water partition coefficient (Wildman–Crippen LogP) is 5.82. The third kappa shape index (κ3) is 4.65. The van der Waals surface area contributed by atoms with E-state index in [4.69, 9.17) is 0 Å². The molecule has 0 saturated heterocycles. The molecule has 2 aromatic heterocycles. The average Bonchev–Trinajstić information content (AvgIpc) is 3.18. The van der Waals surface area contributed by atoms with Gasteiger partial charge in [0.1, 0.15) is 17.5 Å². The fourth-order valence-electron chi connectivity index (χ4n) is 3.09. The number of halogens is 2. The van der Waals surface area contributed by atoms with Gasteiger partial charge < -0.3 is 0 Å². The molecule has 0 spiro atoms. The van der Waals surface area contributed by atoms with Crippen molar-refractivity contribution >= 4 is 32.7 Å². The zero-order valence-corrected chi connectivity index (χ0v) is 18.3. The minimum atomic E-state index is -2.81. The van der Waals surface area contributed by atoms with Crippen LogP contribution in [0.25, 0.3) is 21.7 Å². The molecule has 0 saturated carbocycles. The highest BCUT2D eigenvalue weighted by atomic mass is 32.2. The Morgan fingerprint density at radius 2 is 1.74 bits per heavy atom. The number of anilines is 1. The molecule has 1 atom stereocenters. The van der Waals surface area contributed by atoms with E-state index in [-0.39, 0.29) is 0 Å². The van der Waals surface area contributed by atoms with E-state index >= 15 is 0 Å². The van der Waals surface area contributed by atoms with E-state index < -0.39 is 21.3 Å². The zero-order valence-electron chi connectivity index (χ0n) is 16.6. The molecule has 1 N–H and O–H groups in total. The van der Waals surface area contributed by atoms with Gasteiger partial charge in [-0.25, -0.2) is 23.0 Å². The quantitative estimate of drug-likeness (QED) is 0.373. The van der Waals surface area contributed by atoms with Crippen molar-refractivity contribution in [3.63, 3.8) is 0 Å². The SMILES string of the molecule is C=S(=O)(Nc1cc(-c2sc(CC)nc2-c2cc(F)cc(F)c2)ccn1)c1ccccc1. The summed E-state index contributed by atoms with van der Waals surface area (Å²) in [5.74, 6) is 2.88. The zero-order chi connectivity index (χ0) is 22.0. The summed E-state index contributed by atoms with van der Waals surface area (Å²) in [4.78, 5) is 10.2. The molecule has 2 aromatic carbocycles. The molecule has 0 fully saturated rings. The minimum absolute atomic E-state index is 0.361. The van der Waals surface area contributed by atoms with Gasteiger partial charge in [-0.1, -0.05) is 25.1 Å². The Labute approximate surface area is 183 Å². The lowest BCUT2D eigenvalue weighted by Gasteiger charge is -2.13. The predicted molar refractivity (Wildman–Crippen MR) is 124 cm³/mol. The standard InChI is InChI=1S/C23H19F2N3OS2/c1-3-21-27-22(16-11-17(24)14-18(25)12-16)23(30-21)15-9-10-26-20(13-15)28-31(2,29)19-7-5-4-6-8-19/h4-14H,2-3H2,1H3,(H,26,28,29). The molecule has 4 rings (SSSR count). The van der Waals surface area contributed by atoms with Gasteiger partial charge >= 0.3 is 0 Å². The van der Waals surface area contributed by atoms with Crippen LogP contribution in [0.4, 0.5) is 14.6 Å². The Kier molecular flexibility index (Phi) is 5.84. The van der Waals surface area contributed by atoms with Gasteiger partial charge in [0.15, 0.2) is 0 Å². The van der Waals surface area contributed by atoms with Crippen LogP contribution in [0, 0.1) is 11.6 Å². The van der Waals surface area contributed by atoms with Crippen molar-refractivity contribution in [2.24, 2.45) is 0 Å². The molecule has 158 valence electrons. The number of thiazole rings is 1. The van der Waals surface area contributed by atoms with E-state index in [0.717, 1.165) is 21.5 Å². The first kappa shape index (κ1) is 21.1. The highest BCUT2D eigenvalue weighted by molar-refractivity contribution is 8.01. The van der Waals surface area contributed by atoms with Gasteiger partial charge in [-0.05, 0) is 54.3 Å². The largest absolute Gasteiger partial charge is 0.294 e. The van der Waals surface area contributed by atoms with Crippen molar-refractivity contribution in [2.45, 2.75) is 18.2 Å². The number of hydrogen-bond donors (Lipinski definition) is 1. The fourth-order valence-corrected chi connectivity index (χ4v) is 5.28. The first-order chi connectivity index (χ1) is 14.9. The molecule has 0 aliphatic heterocycles. The highest BCUT2D eigenvalue weighted by Gasteiger charge is 2.17. The Balaban J connectivity index is 1.75. The summed E-state index contributed by atoms with van der Waals surface area (Å²) in [6.07, 6.45) is 2.27. The van der Waals surface area contributed by atoms with Crippen LogP contribution in [0.2, 0.25) is 0 Å². The Hall–Kier alpha value is -3.10. The smallest absolute Gasteiger partial charge is 0.138 e. The van der Waals surface area contributed by atoms with Gasteiger partial charge in [-0.15, -0.1) is 11.3 Å². The van der Waals surface area contributed by atoms with Gasteiger partial charge in [0.2, 0.25) is 0 Å². The van der Waals surface area contributed by atoms with Gasteiger partial charge in [0.25, 0.3) is 0 Å². The number of pyridine rings is 1. The molecule has 0 amide bonds. The molecule has 1 unspecified atom stereocenters. The number of aromatic nitrogens is 2. The molecule has 2 heterocycles. The summed E-state index contributed by atoms with van der Waals surface area (Å²) in [7, 11) is -2.81. The number of hydrogen-bond acceptors (Lipinski definition) is 4. The monoisotopic (exact) mass is 455 g/mol. The molecule has 0 radical (unpaired) electrons. The van der Waals surface area contributed by atoms with Crippen molar-refractivity contribution < 1.29 is 13.0 Å². The van der Waals surface area contributed by atoms with Crippen molar-refractivity contribution in [3.8, 4) is 21.7 Å². The lowest BCUT2D eigenvalue weighted by molar-refractivity contribution is 0.584. The lowest BCUT2D eigenvalue weighted by Crippen LogP contribution is -2.13. The third-order valence-electron chi connectivity index (χ3n) is 4.53. The van der Waals surface area contributed by atoms with E-state index in [1.807, 2.05) is 13.0 Å². The number of aryl methyl sites for hydroxylation is 1. The van der Waals surface area contributed by atoms with E-state index in [1.165, 1.54) is 23.5 Å². The van der Waals surface area contributed by atoms with Gasteiger partial charge in [0, 0.05) is 22.7 Å². The second-order valence-electron chi connectivity index (χ2n) is 6.82. The maximum Gasteiger partial charge on any atom is 0.138 e. The molecular formula is C23H19F2N3OS2. The van der Waals surface area contributed by atoms with Crippen molar-refractivity contribution in [1.82, 2.24) is 9.97 Å². The Bertz CT molecular complexity index is 1320. The number of benzene rings is 2. The number of nitrogens with one attached hydrogen (secondary N) is 1. The molecule has 31 heavy (non-hydrogen) atoms. The molecule has 4 aromatic rings. The van der Waals surface area contributed by atoms with Crippen LogP contribution >= 0.6 is 11.3 Å². The summed E-state index contributed by atoms with van der Waals surface area (Å²) in [5, 5.41) is 0.839. The van der Waals surface area contributed by atoms with Crippen LogP contribution in [0.3, 0.4) is 0 Å². The maximum absolute atomic E-state index is 13.8. The van der Waals surface area contributed by atoms with Crippen LogP contribution in [-0.4, -0.2) is 20.0 Å². The Morgan fingerprint density at radius 1 is 1.03 bits per heavy atom. The van der Waals surface area contributed by atoms with Crippen LogP contribution in [0.15, 0.2) is 71.8 Å². The number of nitrogens with zero attached hydrogens (tertiary/aromatic N) is 2. The second-order valence-corrected chi connectivity index (χ2v) is 9.93. The van der Waals surface area contributed by atoms with Gasteiger partial charge in [0.05, 0.1) is 25.3 Å². The molecule has 0 bridgehead atoms. The van der Waals surface area contributed by atoms with Crippen LogP contribution in [0.1, 0.15) is 11.9 Å². The van der Waals surface area contributed by atoms with E-state index in [9.17, 15) is 13.0 Å².